The highest BCUT2D eigenvalue weighted by Gasteiger charge is 2.32. The number of nitrogens with zero attached hydrogens (tertiary/aromatic N) is 4. The van der Waals surface area contributed by atoms with Crippen LogP contribution >= 0.6 is 0 Å². The maximum Gasteiger partial charge on any atom is 0.325 e. The minimum Gasteiger partial charge on any atom is -0.481 e. The Morgan fingerprint density at radius 2 is 1.91 bits per heavy atom. The van der Waals surface area contributed by atoms with Crippen LogP contribution in [-0.2, 0) is 20.9 Å². The number of nitrogens with one attached hydrogen (secondary N) is 2. The van der Waals surface area contributed by atoms with Crippen molar-refractivity contribution in [3.05, 3.63) is 41.3 Å². The Morgan fingerprint density at radius 1 is 1.15 bits per heavy atom. The molecule has 1 aromatic carbocycles. The van der Waals surface area contributed by atoms with Crippen molar-refractivity contribution < 1.29 is 29.2 Å². The van der Waals surface area contributed by atoms with Gasteiger partial charge in [0.25, 0.3) is 0 Å². The first-order valence-corrected chi connectivity index (χ1v) is 10.9. The largest absolute Gasteiger partial charge is 0.481 e. The highest BCUT2D eigenvalue weighted by atomic mass is 16.6. The minimum absolute atomic E-state index is 0.140. The van der Waals surface area contributed by atoms with E-state index in [4.69, 9.17) is 9.74 Å². The number of benzene rings is 1. The van der Waals surface area contributed by atoms with E-state index >= 15 is 0 Å². The summed E-state index contributed by atoms with van der Waals surface area (Å²) in [6.45, 7) is 4.88. The molecule has 1 fully saturated rings. The summed E-state index contributed by atoms with van der Waals surface area (Å²) in [6.07, 6.45) is 1.29. The highest BCUT2D eigenvalue weighted by molar-refractivity contribution is 5.96. The molecule has 34 heavy (non-hydrogen) atoms. The number of carbonyl (C=O) groups excluding carboxylic acids is 1. The van der Waals surface area contributed by atoms with Crippen LogP contribution < -0.4 is 5.32 Å². The second kappa shape index (κ2) is 10.0. The van der Waals surface area contributed by atoms with E-state index in [0.717, 1.165) is 16.9 Å². The van der Waals surface area contributed by atoms with E-state index < -0.39 is 23.9 Å². The maximum absolute atomic E-state index is 12.3. The van der Waals surface area contributed by atoms with Crippen molar-refractivity contribution in [1.82, 2.24) is 25.1 Å². The number of carbonyl (C=O) groups is 3. The van der Waals surface area contributed by atoms with Crippen LogP contribution in [0.5, 0.6) is 0 Å². The fraction of sp³-hybridized carbons (Fsp3) is 0.409. The molecule has 0 radical (unpaired) electrons. The van der Waals surface area contributed by atoms with Gasteiger partial charge in [0.05, 0.1) is 6.42 Å². The molecule has 0 bridgehead atoms. The zero-order valence-electron chi connectivity index (χ0n) is 18.7. The third-order valence-corrected chi connectivity index (χ3v) is 5.98. The summed E-state index contributed by atoms with van der Waals surface area (Å²) >= 11 is 0. The first-order chi connectivity index (χ1) is 16.3. The molecule has 2 aromatic heterocycles. The van der Waals surface area contributed by atoms with Gasteiger partial charge in [-0.05, 0) is 25.1 Å². The van der Waals surface area contributed by atoms with Gasteiger partial charge in [-0.2, -0.15) is 0 Å². The smallest absolute Gasteiger partial charge is 0.325 e. The van der Waals surface area contributed by atoms with Gasteiger partial charge in [0.15, 0.2) is 0 Å². The van der Waals surface area contributed by atoms with E-state index in [2.05, 4.69) is 25.5 Å². The van der Waals surface area contributed by atoms with E-state index in [1.165, 1.54) is 0 Å². The molecule has 1 amide bonds. The van der Waals surface area contributed by atoms with Gasteiger partial charge in [-0.1, -0.05) is 10.3 Å². The first-order valence-electron chi connectivity index (χ1n) is 10.9. The Labute approximate surface area is 194 Å². The quantitative estimate of drug-likeness (QED) is 0.361. The zero-order valence-corrected chi connectivity index (χ0v) is 18.7. The summed E-state index contributed by atoms with van der Waals surface area (Å²) in [6, 6.07) is 4.31. The third kappa shape index (κ3) is 5.24. The molecule has 3 heterocycles. The van der Waals surface area contributed by atoms with Gasteiger partial charge in [0.2, 0.25) is 5.91 Å². The van der Waals surface area contributed by atoms with Crippen LogP contribution in [0.4, 0.5) is 5.69 Å². The molecule has 12 nitrogen and oxygen atoms in total. The van der Waals surface area contributed by atoms with Crippen molar-refractivity contribution in [2.24, 2.45) is 0 Å². The molecule has 4 rings (SSSR count). The Hall–Kier alpha value is -3.77. The number of aryl methyl sites for hydroxylation is 1. The van der Waals surface area contributed by atoms with E-state index in [1.54, 1.807) is 24.4 Å². The maximum atomic E-state index is 12.3. The molecule has 1 atom stereocenters. The Bertz CT molecular complexity index is 1200. The molecular formula is C22H26N6O6. The Morgan fingerprint density at radius 3 is 2.56 bits per heavy atom. The molecule has 3 aromatic rings. The molecule has 180 valence electrons. The lowest BCUT2D eigenvalue weighted by Gasteiger charge is -2.37. The van der Waals surface area contributed by atoms with Crippen molar-refractivity contribution in [2.75, 3.05) is 31.5 Å². The number of hydrogen-bond acceptors (Lipinski definition) is 8. The number of rotatable bonds is 9. The van der Waals surface area contributed by atoms with Gasteiger partial charge in [0.1, 0.15) is 17.4 Å². The summed E-state index contributed by atoms with van der Waals surface area (Å²) < 4.78 is 4.75. The lowest BCUT2D eigenvalue weighted by atomic mass is 10.0. The molecule has 1 aliphatic rings. The number of hydrogen-bond donors (Lipinski definition) is 4. The Balaban J connectivity index is 1.48. The van der Waals surface area contributed by atoms with E-state index in [0.29, 0.717) is 49.4 Å². The summed E-state index contributed by atoms with van der Waals surface area (Å²) in [7, 11) is 0. The standard InChI is InChI=1S/C22H26N6O6/c1-13-18(26-34-25-13)12-27-6-8-28(9-7-27)21(22(32)33)16-11-23-17-3-2-14(10-15(16)17)24-19(29)4-5-20(30)31/h2-3,10-11,21,23H,4-9,12H2,1H3,(H,24,29)(H,30,31)(H,32,33). The number of fused-ring (bicyclic) bond motifs is 1. The number of amides is 1. The first kappa shape index (κ1) is 23.4. The van der Waals surface area contributed by atoms with Crippen LogP contribution in [0.25, 0.3) is 10.9 Å². The van der Waals surface area contributed by atoms with Crippen molar-refractivity contribution in [3.8, 4) is 0 Å². The third-order valence-electron chi connectivity index (χ3n) is 5.98. The summed E-state index contributed by atoms with van der Waals surface area (Å²) in [5.74, 6) is -2.42. The fourth-order valence-corrected chi connectivity index (χ4v) is 4.16. The van der Waals surface area contributed by atoms with Crippen molar-refractivity contribution in [2.45, 2.75) is 32.4 Å². The average molecular weight is 470 g/mol. The highest BCUT2D eigenvalue weighted by Crippen LogP contribution is 2.31. The van der Waals surface area contributed by atoms with Gasteiger partial charge in [-0.15, -0.1) is 0 Å². The van der Waals surface area contributed by atoms with E-state index in [9.17, 15) is 19.5 Å². The van der Waals surface area contributed by atoms with Crippen LogP contribution in [-0.4, -0.2) is 79.3 Å². The number of piperazine rings is 1. The number of carboxylic acid groups (broad SMARTS) is 2. The lowest BCUT2D eigenvalue weighted by Crippen LogP contribution is -2.48. The molecule has 0 spiro atoms. The summed E-state index contributed by atoms with van der Waals surface area (Å²) in [5, 5.41) is 29.9. The monoisotopic (exact) mass is 470 g/mol. The van der Waals surface area contributed by atoms with Gasteiger partial charge in [0, 0.05) is 67.5 Å². The normalized spacial score (nSPS) is 15.9. The number of aliphatic carboxylic acids is 2. The van der Waals surface area contributed by atoms with Crippen molar-refractivity contribution in [1.29, 1.82) is 0 Å². The SMILES string of the molecule is Cc1nonc1CN1CCN(C(C(=O)O)c2c[nH]c3ccc(NC(=O)CCC(=O)O)cc23)CC1. The molecule has 12 heteroatoms. The topological polar surface area (TPSA) is 165 Å². The second-order valence-electron chi connectivity index (χ2n) is 8.30. The summed E-state index contributed by atoms with van der Waals surface area (Å²) in [5.41, 5.74) is 3.36. The molecule has 1 unspecified atom stereocenters. The van der Waals surface area contributed by atoms with Gasteiger partial charge in [-0.3, -0.25) is 24.2 Å². The van der Waals surface area contributed by atoms with Gasteiger partial charge < -0.3 is 20.5 Å². The molecule has 0 saturated carbocycles. The van der Waals surface area contributed by atoms with Gasteiger partial charge >= 0.3 is 11.9 Å². The Kier molecular flexibility index (Phi) is 6.89. The molecule has 1 saturated heterocycles. The van der Waals surface area contributed by atoms with Crippen LogP contribution in [0.2, 0.25) is 0 Å². The van der Waals surface area contributed by atoms with Crippen LogP contribution in [0.3, 0.4) is 0 Å². The van der Waals surface area contributed by atoms with Crippen LogP contribution in [0.15, 0.2) is 29.0 Å². The van der Waals surface area contributed by atoms with Crippen molar-refractivity contribution >= 4 is 34.4 Å². The molecule has 1 aliphatic heterocycles. The number of anilines is 1. The minimum atomic E-state index is -1.05. The zero-order chi connectivity index (χ0) is 24.2. The molecule has 4 N–H and O–H groups in total. The fourth-order valence-electron chi connectivity index (χ4n) is 4.16. The predicted molar refractivity (Wildman–Crippen MR) is 120 cm³/mol. The van der Waals surface area contributed by atoms with Crippen LogP contribution in [0, 0.1) is 6.92 Å². The van der Waals surface area contributed by atoms with Crippen LogP contribution in [0.1, 0.15) is 35.8 Å². The number of carboxylic acids is 2. The molecule has 0 aliphatic carbocycles. The molecular weight excluding hydrogens is 444 g/mol. The summed E-state index contributed by atoms with van der Waals surface area (Å²) in [4.78, 5) is 42.2. The van der Waals surface area contributed by atoms with Gasteiger partial charge in [-0.25, -0.2) is 4.63 Å². The number of aromatic amines is 1. The van der Waals surface area contributed by atoms with E-state index in [-0.39, 0.29) is 12.8 Å². The number of aromatic nitrogens is 3. The van der Waals surface area contributed by atoms with E-state index in [1.807, 2.05) is 11.8 Å². The number of H-pyrrole nitrogens is 1. The second-order valence-corrected chi connectivity index (χ2v) is 8.30. The predicted octanol–water partition coefficient (Wildman–Crippen LogP) is 1.61. The van der Waals surface area contributed by atoms with Crippen molar-refractivity contribution in [3.63, 3.8) is 0 Å². The lowest BCUT2D eigenvalue weighted by molar-refractivity contribution is -0.144. The average Bonchev–Trinajstić information content (AvgIpc) is 3.39.